The van der Waals surface area contributed by atoms with Crippen molar-refractivity contribution in [1.29, 1.82) is 0 Å². The molecule has 1 aliphatic heterocycles. The Morgan fingerprint density at radius 3 is 2.83 bits per heavy atom. The number of amides is 1. The lowest BCUT2D eigenvalue weighted by Crippen LogP contribution is -2.24. The summed E-state index contributed by atoms with van der Waals surface area (Å²) < 4.78 is 1.58. The van der Waals surface area contributed by atoms with E-state index in [4.69, 9.17) is 5.73 Å². The normalized spacial score (nSPS) is 17.7. The molecule has 1 unspecified atom stereocenters. The number of hydrogen-bond acceptors (Lipinski definition) is 4. The topological polar surface area (TPSA) is 76.5 Å². The molecule has 1 fully saturated rings. The van der Waals surface area contributed by atoms with Crippen molar-refractivity contribution in [2.24, 2.45) is 5.73 Å². The van der Waals surface area contributed by atoms with Gasteiger partial charge in [0, 0.05) is 12.7 Å². The monoisotopic (exact) mass is 307 g/mol. The van der Waals surface area contributed by atoms with Gasteiger partial charge in [-0.05, 0) is 24.5 Å². The Bertz CT molecular complexity index is 858. The number of primary amides is 1. The van der Waals surface area contributed by atoms with Crippen LogP contribution in [0.1, 0.15) is 34.8 Å². The average molecular weight is 307 g/mol. The minimum atomic E-state index is -0.509. The van der Waals surface area contributed by atoms with E-state index in [1.165, 1.54) is 11.8 Å². The zero-order valence-electron chi connectivity index (χ0n) is 12.6. The highest BCUT2D eigenvalue weighted by atomic mass is 16.1. The molecular weight excluding hydrogens is 290 g/mol. The van der Waals surface area contributed by atoms with E-state index < -0.39 is 5.91 Å². The lowest BCUT2D eigenvalue weighted by Gasteiger charge is -2.26. The lowest BCUT2D eigenvalue weighted by atomic mass is 10.0. The molecule has 1 aliphatic rings. The molecule has 0 saturated carbocycles. The Labute approximate surface area is 133 Å². The highest BCUT2D eigenvalue weighted by Crippen LogP contribution is 2.35. The third-order valence-electron chi connectivity index (χ3n) is 4.35. The van der Waals surface area contributed by atoms with Crippen LogP contribution in [0.3, 0.4) is 0 Å². The standard InChI is InChI=1S/C17H17N5O/c18-16(23)13-11-19-22-10-8-15(20-17(13)22)21-9-4-7-14(21)12-5-2-1-3-6-12/h1-3,5-6,8,10-11,14H,4,7,9H2,(H2,18,23). The van der Waals surface area contributed by atoms with Crippen molar-refractivity contribution >= 4 is 17.4 Å². The van der Waals surface area contributed by atoms with E-state index >= 15 is 0 Å². The second-order valence-corrected chi connectivity index (χ2v) is 5.74. The maximum Gasteiger partial charge on any atom is 0.254 e. The van der Waals surface area contributed by atoms with Gasteiger partial charge in [-0.15, -0.1) is 0 Å². The Morgan fingerprint density at radius 2 is 2.04 bits per heavy atom. The highest BCUT2D eigenvalue weighted by Gasteiger charge is 2.27. The van der Waals surface area contributed by atoms with Crippen molar-refractivity contribution in [1.82, 2.24) is 14.6 Å². The molecule has 116 valence electrons. The van der Waals surface area contributed by atoms with E-state index in [-0.39, 0.29) is 0 Å². The molecule has 0 aliphatic carbocycles. The van der Waals surface area contributed by atoms with E-state index in [2.05, 4.69) is 39.2 Å². The zero-order valence-corrected chi connectivity index (χ0v) is 12.6. The Morgan fingerprint density at radius 1 is 1.22 bits per heavy atom. The number of hydrogen-bond donors (Lipinski definition) is 1. The van der Waals surface area contributed by atoms with Crippen LogP contribution in [0.15, 0.2) is 48.8 Å². The number of anilines is 1. The summed E-state index contributed by atoms with van der Waals surface area (Å²) in [6.07, 6.45) is 5.50. The van der Waals surface area contributed by atoms with E-state index in [1.807, 2.05) is 18.3 Å². The number of nitrogens with two attached hydrogens (primary N) is 1. The smallest absolute Gasteiger partial charge is 0.254 e. The van der Waals surface area contributed by atoms with Gasteiger partial charge in [-0.2, -0.15) is 5.10 Å². The quantitative estimate of drug-likeness (QED) is 0.804. The summed E-state index contributed by atoms with van der Waals surface area (Å²) in [5.41, 5.74) is 7.55. The van der Waals surface area contributed by atoms with Gasteiger partial charge in [-0.1, -0.05) is 30.3 Å². The fourth-order valence-corrected chi connectivity index (χ4v) is 3.26. The van der Waals surface area contributed by atoms with Crippen LogP contribution in [0.25, 0.3) is 5.65 Å². The molecule has 1 aromatic carbocycles. The molecular formula is C17H17N5O. The molecule has 3 heterocycles. The second-order valence-electron chi connectivity index (χ2n) is 5.74. The van der Waals surface area contributed by atoms with Crippen molar-refractivity contribution in [3.8, 4) is 0 Å². The minimum absolute atomic E-state index is 0.311. The molecule has 1 saturated heterocycles. The van der Waals surface area contributed by atoms with E-state index in [9.17, 15) is 4.79 Å². The summed E-state index contributed by atoms with van der Waals surface area (Å²) in [4.78, 5) is 18.4. The number of benzene rings is 1. The fourth-order valence-electron chi connectivity index (χ4n) is 3.26. The third-order valence-corrected chi connectivity index (χ3v) is 4.35. The van der Waals surface area contributed by atoms with Crippen LogP contribution in [0, 0.1) is 0 Å². The first-order valence-corrected chi connectivity index (χ1v) is 7.70. The van der Waals surface area contributed by atoms with E-state index in [1.54, 1.807) is 4.52 Å². The highest BCUT2D eigenvalue weighted by molar-refractivity contribution is 5.98. The maximum atomic E-state index is 11.5. The molecule has 0 radical (unpaired) electrons. The molecule has 1 amide bonds. The SMILES string of the molecule is NC(=O)c1cnn2ccc(N3CCCC3c3ccccc3)nc12. The lowest BCUT2D eigenvalue weighted by molar-refractivity contribution is 0.100. The molecule has 6 heteroatoms. The van der Waals surface area contributed by atoms with Gasteiger partial charge in [0.2, 0.25) is 0 Å². The average Bonchev–Trinajstić information content (AvgIpc) is 3.22. The molecule has 2 N–H and O–H groups in total. The molecule has 6 nitrogen and oxygen atoms in total. The zero-order chi connectivity index (χ0) is 15.8. The van der Waals surface area contributed by atoms with E-state index in [0.717, 1.165) is 25.2 Å². The van der Waals surface area contributed by atoms with Crippen LogP contribution < -0.4 is 10.6 Å². The summed E-state index contributed by atoms with van der Waals surface area (Å²) in [5, 5.41) is 4.12. The Balaban J connectivity index is 1.76. The summed E-state index contributed by atoms with van der Waals surface area (Å²) in [7, 11) is 0. The van der Waals surface area contributed by atoms with Crippen LogP contribution in [-0.4, -0.2) is 27.0 Å². The van der Waals surface area contributed by atoms with Crippen molar-refractivity contribution in [2.45, 2.75) is 18.9 Å². The van der Waals surface area contributed by atoms with Gasteiger partial charge in [-0.3, -0.25) is 4.79 Å². The number of carbonyl (C=O) groups excluding carboxylic acids is 1. The summed E-state index contributed by atoms with van der Waals surface area (Å²) >= 11 is 0. The molecule has 1 atom stereocenters. The Hall–Kier alpha value is -2.89. The second kappa shape index (κ2) is 5.39. The van der Waals surface area contributed by atoms with E-state index in [0.29, 0.717) is 17.3 Å². The van der Waals surface area contributed by atoms with Crippen molar-refractivity contribution in [3.05, 3.63) is 59.9 Å². The van der Waals surface area contributed by atoms with Gasteiger partial charge in [0.25, 0.3) is 5.91 Å². The van der Waals surface area contributed by atoms with Crippen LogP contribution in [-0.2, 0) is 0 Å². The summed E-state index contributed by atoms with van der Waals surface area (Å²) in [6, 6.07) is 12.7. The molecule has 0 bridgehead atoms. The molecule has 0 spiro atoms. The predicted molar refractivity (Wildman–Crippen MR) is 87.3 cm³/mol. The predicted octanol–water partition coefficient (Wildman–Crippen LogP) is 2.17. The van der Waals surface area contributed by atoms with Gasteiger partial charge in [0.15, 0.2) is 5.65 Å². The van der Waals surface area contributed by atoms with Crippen molar-refractivity contribution in [2.75, 3.05) is 11.4 Å². The first-order chi connectivity index (χ1) is 11.2. The van der Waals surface area contributed by atoms with Gasteiger partial charge < -0.3 is 10.6 Å². The number of nitrogens with zero attached hydrogens (tertiary/aromatic N) is 4. The van der Waals surface area contributed by atoms with Crippen LogP contribution in [0.4, 0.5) is 5.82 Å². The van der Waals surface area contributed by atoms with Crippen LogP contribution >= 0.6 is 0 Å². The largest absolute Gasteiger partial charge is 0.365 e. The number of fused-ring (bicyclic) bond motifs is 1. The van der Waals surface area contributed by atoms with Crippen LogP contribution in [0.2, 0.25) is 0 Å². The maximum absolute atomic E-state index is 11.5. The third kappa shape index (κ3) is 2.32. The van der Waals surface area contributed by atoms with Gasteiger partial charge in [0.05, 0.1) is 12.2 Å². The van der Waals surface area contributed by atoms with Gasteiger partial charge in [0.1, 0.15) is 11.4 Å². The summed E-state index contributed by atoms with van der Waals surface area (Å²) in [5.74, 6) is 0.345. The van der Waals surface area contributed by atoms with Crippen molar-refractivity contribution < 1.29 is 4.79 Å². The van der Waals surface area contributed by atoms with Gasteiger partial charge >= 0.3 is 0 Å². The Kier molecular flexibility index (Phi) is 3.22. The number of rotatable bonds is 3. The minimum Gasteiger partial charge on any atom is -0.365 e. The van der Waals surface area contributed by atoms with Gasteiger partial charge in [-0.25, -0.2) is 9.50 Å². The number of aromatic nitrogens is 3. The van der Waals surface area contributed by atoms with Crippen LogP contribution in [0.5, 0.6) is 0 Å². The van der Waals surface area contributed by atoms with Crippen molar-refractivity contribution in [3.63, 3.8) is 0 Å². The molecule has 3 aromatic rings. The number of carbonyl (C=O) groups is 1. The molecule has 4 rings (SSSR count). The fraction of sp³-hybridized carbons (Fsp3) is 0.235. The summed E-state index contributed by atoms with van der Waals surface area (Å²) in [6.45, 7) is 0.947. The molecule has 2 aromatic heterocycles. The molecule has 23 heavy (non-hydrogen) atoms. The first kappa shape index (κ1) is 13.8. The first-order valence-electron chi connectivity index (χ1n) is 7.70.